The van der Waals surface area contributed by atoms with Gasteiger partial charge in [-0.1, -0.05) is 34.1 Å². The van der Waals surface area contributed by atoms with Crippen molar-refractivity contribution >= 4 is 43.5 Å². The molecule has 0 radical (unpaired) electrons. The average molecular weight is 406 g/mol. The number of aromatic nitrogens is 1. The highest BCUT2D eigenvalue weighted by molar-refractivity contribution is 9.10. The molecule has 1 aromatic heterocycles. The molecule has 3 aromatic rings. The summed E-state index contributed by atoms with van der Waals surface area (Å²) in [7, 11) is 0. The lowest BCUT2D eigenvalue weighted by molar-refractivity contribution is -0.142. The Morgan fingerprint density at radius 1 is 1.25 bits per heavy atom. The lowest BCUT2D eigenvalue weighted by atomic mass is 10.1. The highest BCUT2D eigenvalue weighted by Crippen LogP contribution is 2.28. The van der Waals surface area contributed by atoms with Gasteiger partial charge in [-0.3, -0.25) is 4.79 Å². The first-order chi connectivity index (χ1) is 11.7. The summed E-state index contributed by atoms with van der Waals surface area (Å²) in [5.41, 5.74) is 1.71. The maximum absolute atomic E-state index is 11.7. The number of ether oxygens (including phenoxy) is 2. The molecule has 0 fully saturated rings. The number of carbonyl (C=O) groups excluding carboxylic acids is 1. The van der Waals surface area contributed by atoms with E-state index >= 15 is 0 Å². The molecule has 0 atom stereocenters. The number of rotatable bonds is 6. The van der Waals surface area contributed by atoms with Crippen molar-refractivity contribution in [1.82, 2.24) is 4.37 Å². The second kappa shape index (κ2) is 7.77. The van der Waals surface area contributed by atoms with E-state index in [2.05, 4.69) is 20.3 Å². The molecule has 0 spiro atoms. The smallest absolute Gasteiger partial charge is 0.310 e. The molecule has 4 nitrogen and oxygen atoms in total. The normalized spacial score (nSPS) is 10.8. The van der Waals surface area contributed by atoms with Crippen LogP contribution in [-0.4, -0.2) is 16.9 Å². The van der Waals surface area contributed by atoms with Crippen molar-refractivity contribution in [1.29, 1.82) is 0 Å². The number of carbonyl (C=O) groups is 1. The van der Waals surface area contributed by atoms with Crippen molar-refractivity contribution in [2.45, 2.75) is 20.0 Å². The van der Waals surface area contributed by atoms with E-state index < -0.39 is 0 Å². The summed E-state index contributed by atoms with van der Waals surface area (Å²) in [6.45, 7) is 2.53. The molecule has 124 valence electrons. The van der Waals surface area contributed by atoms with Crippen LogP contribution in [0.2, 0.25) is 0 Å². The molecule has 24 heavy (non-hydrogen) atoms. The number of hydrogen-bond donors (Lipinski definition) is 0. The average Bonchev–Trinajstić information content (AvgIpc) is 2.96. The van der Waals surface area contributed by atoms with Gasteiger partial charge in [0.1, 0.15) is 12.4 Å². The van der Waals surface area contributed by atoms with Gasteiger partial charge in [-0.25, -0.2) is 0 Å². The van der Waals surface area contributed by atoms with E-state index in [9.17, 15) is 4.79 Å². The zero-order chi connectivity index (χ0) is 16.9. The van der Waals surface area contributed by atoms with Crippen LogP contribution >= 0.6 is 27.5 Å². The zero-order valence-electron chi connectivity index (χ0n) is 13.1. The molecule has 0 aliphatic heterocycles. The first-order valence-electron chi connectivity index (χ1n) is 7.57. The number of benzene rings is 2. The van der Waals surface area contributed by atoms with E-state index in [1.165, 1.54) is 11.5 Å². The molecule has 0 aliphatic carbocycles. The lowest BCUT2D eigenvalue weighted by Crippen LogP contribution is -2.09. The van der Waals surface area contributed by atoms with E-state index in [1.54, 1.807) is 6.92 Å². The Kier molecular flexibility index (Phi) is 5.48. The Morgan fingerprint density at radius 2 is 2.08 bits per heavy atom. The highest BCUT2D eigenvalue weighted by atomic mass is 79.9. The van der Waals surface area contributed by atoms with Crippen molar-refractivity contribution in [3.8, 4) is 5.75 Å². The van der Waals surface area contributed by atoms with E-state index in [-0.39, 0.29) is 12.4 Å². The largest absolute Gasteiger partial charge is 0.487 e. The summed E-state index contributed by atoms with van der Waals surface area (Å²) in [6, 6.07) is 13.6. The molecule has 6 heteroatoms. The minimum Gasteiger partial charge on any atom is -0.487 e. The van der Waals surface area contributed by atoms with Crippen LogP contribution in [0.1, 0.15) is 18.2 Å². The Labute approximate surface area is 152 Å². The third kappa shape index (κ3) is 3.94. The fraction of sp³-hybridized carbons (Fsp3) is 0.222. The van der Waals surface area contributed by atoms with Crippen LogP contribution in [0, 0.1) is 0 Å². The number of halogens is 1. The van der Waals surface area contributed by atoms with Crippen molar-refractivity contribution in [3.63, 3.8) is 0 Å². The van der Waals surface area contributed by atoms with E-state index in [4.69, 9.17) is 9.47 Å². The van der Waals surface area contributed by atoms with Crippen molar-refractivity contribution < 1.29 is 14.3 Å². The lowest BCUT2D eigenvalue weighted by Gasteiger charge is -2.10. The SMILES string of the molecule is CCOC(=O)Cc1ccccc1OCc1nsc2ccc(Br)cc12. The molecule has 0 aliphatic rings. The predicted octanol–water partition coefficient (Wildman–Crippen LogP) is 4.74. The van der Waals surface area contributed by atoms with Gasteiger partial charge in [0.25, 0.3) is 0 Å². The van der Waals surface area contributed by atoms with Crippen molar-refractivity contribution in [3.05, 3.63) is 58.2 Å². The third-order valence-electron chi connectivity index (χ3n) is 3.48. The molecule has 1 heterocycles. The summed E-state index contributed by atoms with van der Waals surface area (Å²) in [5, 5.41) is 1.08. The molecule has 0 saturated carbocycles. The van der Waals surface area contributed by atoms with Gasteiger partial charge >= 0.3 is 5.97 Å². The van der Waals surface area contributed by atoms with Crippen LogP contribution in [0.5, 0.6) is 5.75 Å². The molecule has 0 bridgehead atoms. The van der Waals surface area contributed by atoms with Crippen LogP contribution in [-0.2, 0) is 22.6 Å². The number of fused-ring (bicyclic) bond motifs is 1. The fourth-order valence-corrected chi connectivity index (χ4v) is 3.49. The topological polar surface area (TPSA) is 48.4 Å². The minimum absolute atomic E-state index is 0.202. The van der Waals surface area contributed by atoms with Gasteiger partial charge in [0.15, 0.2) is 0 Å². The zero-order valence-corrected chi connectivity index (χ0v) is 15.5. The van der Waals surface area contributed by atoms with Gasteiger partial charge in [0.2, 0.25) is 0 Å². The van der Waals surface area contributed by atoms with Gasteiger partial charge < -0.3 is 9.47 Å². The first-order valence-corrected chi connectivity index (χ1v) is 9.14. The van der Waals surface area contributed by atoms with E-state index in [0.717, 1.165) is 25.8 Å². The Morgan fingerprint density at radius 3 is 2.92 bits per heavy atom. The van der Waals surface area contributed by atoms with E-state index in [0.29, 0.717) is 19.0 Å². The third-order valence-corrected chi connectivity index (χ3v) is 4.84. The van der Waals surface area contributed by atoms with Gasteiger partial charge in [0, 0.05) is 15.4 Å². The number of nitrogens with zero attached hydrogens (tertiary/aromatic N) is 1. The van der Waals surface area contributed by atoms with Gasteiger partial charge in [-0.2, -0.15) is 4.37 Å². The number of esters is 1. The maximum atomic E-state index is 11.7. The van der Waals surface area contributed by atoms with Crippen LogP contribution < -0.4 is 4.74 Å². The molecule has 0 unspecified atom stereocenters. The second-order valence-corrected chi connectivity index (χ2v) is 6.87. The summed E-state index contributed by atoms with van der Waals surface area (Å²) in [6.07, 6.45) is 0.202. The molecule has 0 saturated heterocycles. The van der Waals surface area contributed by atoms with Crippen molar-refractivity contribution in [2.24, 2.45) is 0 Å². The molecule has 0 N–H and O–H groups in total. The van der Waals surface area contributed by atoms with Gasteiger partial charge in [-0.05, 0) is 42.7 Å². The van der Waals surface area contributed by atoms with Gasteiger partial charge in [0.05, 0.1) is 23.4 Å². The minimum atomic E-state index is -0.253. The van der Waals surface area contributed by atoms with Gasteiger partial charge in [-0.15, -0.1) is 0 Å². The summed E-state index contributed by atoms with van der Waals surface area (Å²) >= 11 is 4.94. The fourth-order valence-electron chi connectivity index (χ4n) is 2.37. The van der Waals surface area contributed by atoms with Crippen LogP contribution in [0.4, 0.5) is 0 Å². The summed E-state index contributed by atoms with van der Waals surface area (Å²) < 4.78 is 17.6. The predicted molar refractivity (Wildman–Crippen MR) is 98.4 cm³/mol. The number of hydrogen-bond acceptors (Lipinski definition) is 5. The monoisotopic (exact) mass is 405 g/mol. The van der Waals surface area contributed by atoms with Crippen molar-refractivity contribution in [2.75, 3.05) is 6.61 Å². The molecule has 2 aromatic carbocycles. The first kappa shape index (κ1) is 16.9. The quantitative estimate of drug-likeness (QED) is 0.555. The maximum Gasteiger partial charge on any atom is 0.310 e. The molecule has 3 rings (SSSR count). The summed E-state index contributed by atoms with van der Waals surface area (Å²) in [5.74, 6) is 0.429. The standard InChI is InChI=1S/C18H16BrNO3S/c1-2-22-18(21)9-12-5-3-4-6-16(12)23-11-15-14-10-13(19)7-8-17(14)24-20-15/h3-8,10H,2,9,11H2,1H3. The Bertz CT molecular complexity index is 862. The van der Waals surface area contributed by atoms with Crippen LogP contribution in [0.15, 0.2) is 46.9 Å². The molecular formula is C18H16BrNO3S. The van der Waals surface area contributed by atoms with Crippen LogP contribution in [0.3, 0.4) is 0 Å². The van der Waals surface area contributed by atoms with Crippen LogP contribution in [0.25, 0.3) is 10.1 Å². The Balaban J connectivity index is 1.76. The molecular weight excluding hydrogens is 390 g/mol. The second-order valence-electron chi connectivity index (χ2n) is 5.15. The molecule has 0 amide bonds. The number of para-hydroxylation sites is 1. The Hall–Kier alpha value is -1.92. The highest BCUT2D eigenvalue weighted by Gasteiger charge is 2.12. The van der Waals surface area contributed by atoms with E-state index in [1.807, 2.05) is 42.5 Å². The summed E-state index contributed by atoms with van der Waals surface area (Å²) in [4.78, 5) is 11.7.